The number of carbonyl (C=O) groups excluding carboxylic acids is 3. The van der Waals surface area contributed by atoms with Crippen LogP contribution in [0.15, 0.2) is 48.5 Å². The molecule has 0 spiro atoms. The fourth-order valence-electron chi connectivity index (χ4n) is 3.05. The molecule has 0 fully saturated rings. The number of hydrogen-bond acceptors (Lipinski definition) is 4. The Morgan fingerprint density at radius 3 is 2.04 bits per heavy atom. The molecule has 2 aromatic rings. The van der Waals surface area contributed by atoms with Crippen molar-refractivity contribution < 1.29 is 24.3 Å². The first-order chi connectivity index (χ1) is 12.9. The summed E-state index contributed by atoms with van der Waals surface area (Å²) in [6.07, 6.45) is -1.02. The number of carboxylic acid groups (broad SMARTS) is 1. The molecular weight excluding hydrogens is 350 g/mol. The number of benzene rings is 2. The van der Waals surface area contributed by atoms with Gasteiger partial charge in [-0.3, -0.25) is 19.3 Å². The van der Waals surface area contributed by atoms with E-state index in [1.54, 1.807) is 36.4 Å². The van der Waals surface area contributed by atoms with Crippen molar-refractivity contribution in [1.29, 1.82) is 0 Å². The maximum atomic E-state index is 12.5. The van der Waals surface area contributed by atoms with Crippen molar-refractivity contribution in [3.05, 3.63) is 70.8 Å². The summed E-state index contributed by atoms with van der Waals surface area (Å²) in [5.74, 6) is -1.46. The summed E-state index contributed by atoms with van der Waals surface area (Å²) in [7, 11) is 0. The molecule has 3 rings (SSSR count). The number of nitrogens with two attached hydrogens (primary N) is 1. The van der Waals surface area contributed by atoms with Gasteiger partial charge in [-0.2, -0.15) is 0 Å². The van der Waals surface area contributed by atoms with Gasteiger partial charge < -0.3 is 16.2 Å². The van der Waals surface area contributed by atoms with E-state index in [2.05, 4.69) is 5.32 Å². The van der Waals surface area contributed by atoms with Crippen LogP contribution in [0.3, 0.4) is 0 Å². The lowest BCUT2D eigenvalue weighted by atomic mass is 10.0. The van der Waals surface area contributed by atoms with Crippen molar-refractivity contribution in [2.45, 2.75) is 12.5 Å². The van der Waals surface area contributed by atoms with Gasteiger partial charge in [0.1, 0.15) is 0 Å². The Morgan fingerprint density at radius 2 is 1.56 bits per heavy atom. The topological polar surface area (TPSA) is 130 Å². The van der Waals surface area contributed by atoms with Crippen LogP contribution in [0.4, 0.5) is 4.79 Å². The van der Waals surface area contributed by atoms with Gasteiger partial charge in [-0.25, -0.2) is 4.79 Å². The Morgan fingerprint density at radius 1 is 1.00 bits per heavy atom. The van der Waals surface area contributed by atoms with Gasteiger partial charge in [0.25, 0.3) is 11.8 Å². The average Bonchev–Trinajstić information content (AvgIpc) is 2.87. The van der Waals surface area contributed by atoms with Crippen molar-refractivity contribution in [3.8, 4) is 0 Å². The van der Waals surface area contributed by atoms with Crippen LogP contribution in [-0.4, -0.2) is 46.4 Å². The number of nitrogens with one attached hydrogen (secondary N) is 1. The van der Waals surface area contributed by atoms with Crippen molar-refractivity contribution in [1.82, 2.24) is 10.2 Å². The molecule has 1 heterocycles. The van der Waals surface area contributed by atoms with E-state index >= 15 is 0 Å². The van der Waals surface area contributed by atoms with Crippen LogP contribution in [0.2, 0.25) is 0 Å². The first-order valence-electron chi connectivity index (χ1n) is 8.20. The zero-order valence-corrected chi connectivity index (χ0v) is 14.2. The molecule has 1 atom stereocenters. The molecule has 8 nitrogen and oxygen atoms in total. The molecule has 0 saturated carbocycles. The van der Waals surface area contributed by atoms with Crippen LogP contribution in [0.5, 0.6) is 0 Å². The molecule has 1 unspecified atom stereocenters. The van der Waals surface area contributed by atoms with Crippen LogP contribution < -0.4 is 11.1 Å². The number of nitrogens with zero attached hydrogens (tertiary/aromatic N) is 1. The lowest BCUT2D eigenvalue weighted by Crippen LogP contribution is -2.46. The maximum absolute atomic E-state index is 12.5. The Bertz CT molecular complexity index is 888. The smallest absolute Gasteiger partial charge is 0.404 e. The largest absolute Gasteiger partial charge is 0.465 e. The van der Waals surface area contributed by atoms with E-state index in [-0.39, 0.29) is 13.0 Å². The predicted molar refractivity (Wildman–Crippen MR) is 95.4 cm³/mol. The number of primary amides is 1. The lowest BCUT2D eigenvalue weighted by molar-refractivity contribution is 0.0635. The highest BCUT2D eigenvalue weighted by Gasteiger charge is 2.36. The molecule has 4 amide bonds. The van der Waals surface area contributed by atoms with Gasteiger partial charge in [0, 0.05) is 5.56 Å². The second-order valence-corrected chi connectivity index (χ2v) is 6.18. The van der Waals surface area contributed by atoms with Crippen LogP contribution in [-0.2, 0) is 6.42 Å². The van der Waals surface area contributed by atoms with Gasteiger partial charge in [0.2, 0.25) is 5.91 Å². The molecule has 0 bridgehead atoms. The Balaban J connectivity index is 1.78. The second-order valence-electron chi connectivity index (χ2n) is 6.18. The summed E-state index contributed by atoms with van der Waals surface area (Å²) >= 11 is 0. The lowest BCUT2D eigenvalue weighted by Gasteiger charge is -2.22. The van der Waals surface area contributed by atoms with Crippen LogP contribution in [0, 0.1) is 0 Å². The molecule has 8 heteroatoms. The summed E-state index contributed by atoms with van der Waals surface area (Å²) in [5.41, 5.74) is 6.88. The van der Waals surface area contributed by atoms with Crippen molar-refractivity contribution >= 4 is 23.8 Å². The molecule has 4 N–H and O–H groups in total. The summed E-state index contributed by atoms with van der Waals surface area (Å²) < 4.78 is 0. The van der Waals surface area contributed by atoms with Gasteiger partial charge in [-0.15, -0.1) is 0 Å². The minimum Gasteiger partial charge on any atom is -0.465 e. The summed E-state index contributed by atoms with van der Waals surface area (Å²) in [4.78, 5) is 48.3. The highest BCUT2D eigenvalue weighted by molar-refractivity contribution is 6.21. The van der Waals surface area contributed by atoms with E-state index in [1.165, 1.54) is 12.1 Å². The standard InChI is InChI=1S/C19H17N3O5/c20-16(23)12-7-5-11(6-8-12)9-13(21-19(26)27)10-22-17(24)14-3-1-2-4-15(14)18(22)25/h1-8,13,21H,9-10H2,(H2,20,23)(H,26,27). The van der Waals surface area contributed by atoms with Crippen LogP contribution in [0.1, 0.15) is 36.6 Å². The van der Waals surface area contributed by atoms with Crippen molar-refractivity contribution in [2.24, 2.45) is 5.73 Å². The number of carbonyl (C=O) groups is 4. The van der Waals surface area contributed by atoms with E-state index in [0.717, 1.165) is 10.5 Å². The summed E-state index contributed by atoms with van der Waals surface area (Å²) in [6.45, 7) is -0.101. The van der Waals surface area contributed by atoms with Gasteiger partial charge in [0.15, 0.2) is 0 Å². The summed E-state index contributed by atoms with van der Waals surface area (Å²) in [6, 6.07) is 12.1. The number of imide groups is 1. The fraction of sp³-hybridized carbons (Fsp3) is 0.158. The third-order valence-corrected chi connectivity index (χ3v) is 4.33. The van der Waals surface area contributed by atoms with Gasteiger partial charge in [-0.05, 0) is 36.2 Å². The SMILES string of the molecule is NC(=O)c1ccc(CC(CN2C(=O)c3ccccc3C2=O)NC(=O)O)cc1. The van der Waals surface area contributed by atoms with Gasteiger partial charge >= 0.3 is 6.09 Å². The molecule has 0 saturated heterocycles. The molecule has 27 heavy (non-hydrogen) atoms. The highest BCUT2D eigenvalue weighted by Crippen LogP contribution is 2.23. The molecule has 0 aromatic heterocycles. The van der Waals surface area contributed by atoms with Crippen molar-refractivity contribution in [2.75, 3.05) is 6.54 Å². The van der Waals surface area contributed by atoms with Gasteiger partial charge in [0.05, 0.1) is 23.7 Å². The van der Waals surface area contributed by atoms with Crippen molar-refractivity contribution in [3.63, 3.8) is 0 Å². The van der Waals surface area contributed by atoms with Gasteiger partial charge in [-0.1, -0.05) is 24.3 Å². The van der Waals surface area contributed by atoms with Crippen LogP contribution in [0.25, 0.3) is 0 Å². The zero-order valence-electron chi connectivity index (χ0n) is 14.2. The first kappa shape index (κ1) is 18.1. The normalized spacial score (nSPS) is 14.0. The number of rotatable bonds is 6. The number of hydrogen-bond donors (Lipinski definition) is 3. The van der Waals surface area contributed by atoms with E-state index < -0.39 is 29.9 Å². The van der Waals surface area contributed by atoms with E-state index in [9.17, 15) is 19.2 Å². The zero-order chi connectivity index (χ0) is 19.6. The monoisotopic (exact) mass is 367 g/mol. The average molecular weight is 367 g/mol. The Kier molecular flexibility index (Phi) is 4.89. The maximum Gasteiger partial charge on any atom is 0.404 e. The fourth-order valence-corrected chi connectivity index (χ4v) is 3.05. The second kappa shape index (κ2) is 7.28. The van der Waals surface area contributed by atoms with E-state index in [0.29, 0.717) is 16.7 Å². The van der Waals surface area contributed by atoms with E-state index in [1.807, 2.05) is 0 Å². The molecule has 2 aromatic carbocycles. The molecule has 138 valence electrons. The minimum atomic E-state index is -1.26. The quantitative estimate of drug-likeness (QED) is 0.662. The molecule has 1 aliphatic rings. The predicted octanol–water partition coefficient (Wildman–Crippen LogP) is 1.26. The highest BCUT2D eigenvalue weighted by atomic mass is 16.4. The third kappa shape index (κ3) is 3.79. The number of amides is 4. The Labute approximate surface area is 154 Å². The minimum absolute atomic E-state index is 0.101. The summed E-state index contributed by atoms with van der Waals surface area (Å²) in [5, 5.41) is 11.4. The molecular formula is C19H17N3O5. The molecule has 0 radical (unpaired) electrons. The number of fused-ring (bicyclic) bond motifs is 1. The molecule has 0 aliphatic carbocycles. The van der Waals surface area contributed by atoms with Crippen LogP contribution >= 0.6 is 0 Å². The Hall–Kier alpha value is -3.68. The first-order valence-corrected chi connectivity index (χ1v) is 8.20. The van der Waals surface area contributed by atoms with E-state index in [4.69, 9.17) is 10.8 Å². The molecule has 1 aliphatic heterocycles. The third-order valence-electron chi connectivity index (χ3n) is 4.33.